The molecule has 0 aliphatic heterocycles. The van der Waals surface area contributed by atoms with E-state index in [0.29, 0.717) is 0 Å². The Morgan fingerprint density at radius 1 is 0.630 bits per heavy atom. The van der Waals surface area contributed by atoms with Crippen LogP contribution in [0.5, 0.6) is 0 Å². The Morgan fingerprint density at radius 3 is 2.19 bits per heavy atom. The predicted octanol–water partition coefficient (Wildman–Crippen LogP) is 7.34. The number of rotatable bonds is 0. The first-order chi connectivity index (χ1) is 13.3. The molecular weight excluding hydrogens is 445 g/mol. The van der Waals surface area contributed by atoms with E-state index in [1.165, 1.54) is 48.9 Å². The van der Waals surface area contributed by atoms with E-state index >= 15 is 0 Å². The normalized spacial score (nSPS) is 12.6. The third-order valence-corrected chi connectivity index (χ3v) is 6.64. The Hall–Kier alpha value is -2.79. The molecule has 126 valence electrons. The number of hydrogen-bond donors (Lipinski definition) is 0. The molecule has 0 saturated heterocycles. The molecule has 0 amide bonds. The predicted molar refractivity (Wildman–Crippen MR) is 121 cm³/mol. The van der Waals surface area contributed by atoms with Gasteiger partial charge in [-0.2, -0.15) is 0 Å². The molecule has 3 heterocycles. The molecule has 0 saturated carbocycles. The van der Waals surface area contributed by atoms with Crippen LogP contribution in [0.1, 0.15) is 0 Å². The van der Waals surface area contributed by atoms with E-state index in [4.69, 9.17) is 4.42 Å². The van der Waals surface area contributed by atoms with Gasteiger partial charge in [0.2, 0.25) is 0 Å². The van der Waals surface area contributed by atoms with Crippen molar-refractivity contribution in [1.82, 2.24) is 4.40 Å². The molecule has 0 aliphatic carbocycles. The van der Waals surface area contributed by atoms with Crippen molar-refractivity contribution < 1.29 is 4.42 Å². The second kappa shape index (κ2) is 4.73. The van der Waals surface area contributed by atoms with Gasteiger partial charge in [-0.05, 0) is 46.9 Å². The van der Waals surface area contributed by atoms with E-state index in [1.54, 1.807) is 0 Å². The summed E-state index contributed by atoms with van der Waals surface area (Å²) in [7, 11) is 0. The van der Waals surface area contributed by atoms with E-state index in [0.717, 1.165) is 14.7 Å². The Labute approximate surface area is 167 Å². The number of nitrogens with zero attached hydrogens (tertiary/aromatic N) is 1. The van der Waals surface area contributed by atoms with Gasteiger partial charge in [0.25, 0.3) is 0 Å². The highest BCUT2D eigenvalue weighted by molar-refractivity contribution is 14.1. The molecule has 3 heteroatoms. The fourth-order valence-corrected chi connectivity index (χ4v) is 5.33. The maximum Gasteiger partial charge on any atom is 0.148 e. The molecule has 0 unspecified atom stereocenters. The number of benzene rings is 4. The average Bonchev–Trinajstić information content (AvgIpc) is 3.34. The van der Waals surface area contributed by atoms with Gasteiger partial charge >= 0.3 is 0 Å². The summed E-state index contributed by atoms with van der Waals surface area (Å²) in [6, 6.07) is 26.0. The first-order valence-electron chi connectivity index (χ1n) is 8.99. The molecule has 0 fully saturated rings. The van der Waals surface area contributed by atoms with Crippen molar-refractivity contribution in [3.8, 4) is 0 Å². The van der Waals surface area contributed by atoms with Crippen molar-refractivity contribution in [2.45, 2.75) is 0 Å². The lowest BCUT2D eigenvalue weighted by atomic mass is 10.0. The van der Waals surface area contributed by atoms with Gasteiger partial charge in [-0.25, -0.2) is 0 Å². The third-order valence-electron chi connectivity index (χ3n) is 5.79. The van der Waals surface area contributed by atoms with Crippen LogP contribution in [0.2, 0.25) is 0 Å². The number of fused-ring (bicyclic) bond motifs is 10. The molecular formula is C24H12INO. The van der Waals surface area contributed by atoms with Crippen molar-refractivity contribution in [3.05, 3.63) is 76.4 Å². The zero-order valence-electron chi connectivity index (χ0n) is 14.2. The van der Waals surface area contributed by atoms with E-state index in [1.807, 2.05) is 0 Å². The van der Waals surface area contributed by atoms with Gasteiger partial charge in [0.1, 0.15) is 11.2 Å². The van der Waals surface area contributed by atoms with Crippen LogP contribution >= 0.6 is 22.6 Å². The van der Waals surface area contributed by atoms with E-state index in [2.05, 4.69) is 99.8 Å². The van der Waals surface area contributed by atoms with Crippen molar-refractivity contribution >= 4 is 82.6 Å². The van der Waals surface area contributed by atoms with Gasteiger partial charge in [0.15, 0.2) is 0 Å². The first-order valence-corrected chi connectivity index (χ1v) is 10.1. The molecule has 0 N–H and O–H groups in total. The van der Waals surface area contributed by atoms with Crippen LogP contribution in [-0.4, -0.2) is 4.40 Å². The van der Waals surface area contributed by atoms with Gasteiger partial charge in [0.05, 0.1) is 25.5 Å². The van der Waals surface area contributed by atoms with E-state index in [9.17, 15) is 0 Å². The molecule has 27 heavy (non-hydrogen) atoms. The summed E-state index contributed by atoms with van der Waals surface area (Å²) in [6.45, 7) is 0. The van der Waals surface area contributed by atoms with Crippen LogP contribution in [-0.2, 0) is 0 Å². The molecule has 0 radical (unpaired) electrons. The molecule has 7 aromatic rings. The average molecular weight is 457 g/mol. The lowest BCUT2D eigenvalue weighted by Crippen LogP contribution is -1.78. The first kappa shape index (κ1) is 14.3. The highest BCUT2D eigenvalue weighted by Crippen LogP contribution is 2.45. The molecule has 0 bridgehead atoms. The largest absolute Gasteiger partial charge is 0.454 e. The molecule has 0 aliphatic rings. The number of hydrogen-bond acceptors (Lipinski definition) is 1. The Bertz CT molecular complexity index is 1690. The van der Waals surface area contributed by atoms with E-state index in [-0.39, 0.29) is 0 Å². The summed E-state index contributed by atoms with van der Waals surface area (Å²) < 4.78 is 10.0. The maximum absolute atomic E-state index is 6.48. The zero-order chi connectivity index (χ0) is 17.7. The summed E-state index contributed by atoms with van der Waals surface area (Å²) in [5, 5.41) is 7.46. The summed E-state index contributed by atoms with van der Waals surface area (Å²) in [4.78, 5) is 0. The lowest BCUT2D eigenvalue weighted by Gasteiger charge is -1.97. The fraction of sp³-hybridized carbons (Fsp3) is 0. The van der Waals surface area contributed by atoms with Crippen molar-refractivity contribution in [3.63, 3.8) is 0 Å². The second-order valence-electron chi connectivity index (χ2n) is 7.11. The smallest absolute Gasteiger partial charge is 0.148 e. The van der Waals surface area contributed by atoms with Crippen LogP contribution in [0.25, 0.3) is 60.0 Å². The molecule has 0 atom stereocenters. The Balaban J connectivity index is 1.94. The van der Waals surface area contributed by atoms with Gasteiger partial charge in [-0.1, -0.05) is 48.5 Å². The molecule has 0 spiro atoms. The van der Waals surface area contributed by atoms with Crippen molar-refractivity contribution in [1.29, 1.82) is 0 Å². The third kappa shape index (κ3) is 1.58. The summed E-state index contributed by atoms with van der Waals surface area (Å²) in [5.41, 5.74) is 5.73. The van der Waals surface area contributed by atoms with Crippen LogP contribution in [0.4, 0.5) is 0 Å². The molecule has 7 rings (SSSR count). The van der Waals surface area contributed by atoms with Crippen LogP contribution in [0.15, 0.2) is 77.2 Å². The Morgan fingerprint density at radius 2 is 1.33 bits per heavy atom. The van der Waals surface area contributed by atoms with Gasteiger partial charge in [-0.15, -0.1) is 0 Å². The fourth-order valence-electron chi connectivity index (χ4n) is 4.72. The monoisotopic (exact) mass is 457 g/mol. The van der Waals surface area contributed by atoms with Gasteiger partial charge < -0.3 is 8.82 Å². The SMILES string of the molecule is Ic1cccc2c1oc1c2cc2c3ccccc3n3c4ccccc4c1c23. The second-order valence-corrected chi connectivity index (χ2v) is 8.27. The minimum atomic E-state index is 0.984. The minimum absolute atomic E-state index is 0.984. The van der Waals surface area contributed by atoms with Crippen LogP contribution in [0.3, 0.4) is 0 Å². The zero-order valence-corrected chi connectivity index (χ0v) is 16.3. The maximum atomic E-state index is 6.48. The lowest BCUT2D eigenvalue weighted by molar-refractivity contribution is 0.670. The van der Waals surface area contributed by atoms with E-state index < -0.39 is 0 Å². The van der Waals surface area contributed by atoms with Crippen LogP contribution in [0, 0.1) is 3.57 Å². The van der Waals surface area contributed by atoms with Gasteiger partial charge in [-0.3, -0.25) is 0 Å². The summed E-state index contributed by atoms with van der Waals surface area (Å²) >= 11 is 2.36. The highest BCUT2D eigenvalue weighted by Gasteiger charge is 2.22. The number of furan rings is 1. The topological polar surface area (TPSA) is 17.6 Å². The summed E-state index contributed by atoms with van der Waals surface area (Å²) in [6.07, 6.45) is 0. The van der Waals surface area contributed by atoms with Gasteiger partial charge in [0, 0.05) is 26.9 Å². The highest BCUT2D eigenvalue weighted by atomic mass is 127. The molecule has 2 nitrogen and oxygen atoms in total. The number of para-hydroxylation sites is 3. The quantitative estimate of drug-likeness (QED) is 0.218. The standard InChI is InChI=1S/C24H12INO/c25-18-9-5-8-14-17-12-16-13-6-1-3-10-19(13)26-20-11-4-2-7-15(20)21(22(16)26)24(17)27-23(14)18/h1-12H. The number of aromatic nitrogens is 1. The molecule has 4 aromatic carbocycles. The van der Waals surface area contributed by atoms with Crippen LogP contribution < -0.4 is 0 Å². The van der Waals surface area contributed by atoms with Crippen molar-refractivity contribution in [2.24, 2.45) is 0 Å². The van der Waals surface area contributed by atoms with Crippen molar-refractivity contribution in [2.75, 3.05) is 0 Å². The summed E-state index contributed by atoms with van der Waals surface area (Å²) in [5.74, 6) is 0. The molecule has 3 aromatic heterocycles. The minimum Gasteiger partial charge on any atom is -0.454 e. The Kier molecular flexibility index (Phi) is 2.50. The number of halogens is 1.